The molecule has 0 unspecified atom stereocenters. The van der Waals surface area contributed by atoms with E-state index >= 15 is 0 Å². The molecule has 2 nitrogen and oxygen atoms in total. The lowest BCUT2D eigenvalue weighted by atomic mass is 10.1. The highest BCUT2D eigenvalue weighted by atomic mass is 35.5. The van der Waals surface area contributed by atoms with Gasteiger partial charge in [-0.2, -0.15) is 0 Å². The fraction of sp³-hybridized carbons (Fsp3) is 0.250. The Morgan fingerprint density at radius 2 is 1.90 bits per heavy atom. The second-order valence-corrected chi connectivity index (χ2v) is 5.36. The first-order chi connectivity index (χ1) is 9.58. The lowest BCUT2D eigenvalue weighted by Gasteiger charge is -2.19. The van der Waals surface area contributed by atoms with Gasteiger partial charge in [-0.05, 0) is 48.0 Å². The van der Waals surface area contributed by atoms with Gasteiger partial charge in [0.2, 0.25) is 0 Å². The topological polar surface area (TPSA) is 29.3 Å². The Kier molecular flexibility index (Phi) is 5.12. The molecule has 106 valence electrons. The van der Waals surface area contributed by atoms with Crippen molar-refractivity contribution < 1.29 is 4.39 Å². The summed E-state index contributed by atoms with van der Waals surface area (Å²) in [5.41, 5.74) is 8.72. The first-order valence-corrected chi connectivity index (χ1v) is 6.86. The minimum Gasteiger partial charge on any atom is -0.326 e. The predicted molar refractivity (Wildman–Crippen MR) is 80.9 cm³/mol. The minimum absolute atomic E-state index is 0.244. The highest BCUT2D eigenvalue weighted by Gasteiger charge is 2.07. The van der Waals surface area contributed by atoms with Gasteiger partial charge >= 0.3 is 0 Å². The van der Waals surface area contributed by atoms with E-state index in [0.717, 1.165) is 34.8 Å². The molecule has 0 saturated carbocycles. The van der Waals surface area contributed by atoms with Crippen LogP contribution in [0, 0.1) is 5.82 Å². The summed E-state index contributed by atoms with van der Waals surface area (Å²) in [7, 11) is 2.02. The predicted octanol–water partition coefficient (Wildman–Crippen LogP) is 3.57. The molecule has 2 N–H and O–H groups in total. The van der Waals surface area contributed by atoms with Crippen molar-refractivity contribution in [2.45, 2.75) is 19.6 Å². The maximum absolute atomic E-state index is 13.2. The fourth-order valence-corrected chi connectivity index (χ4v) is 2.45. The van der Waals surface area contributed by atoms with Crippen LogP contribution < -0.4 is 5.73 Å². The van der Waals surface area contributed by atoms with Crippen molar-refractivity contribution >= 4 is 11.6 Å². The van der Waals surface area contributed by atoms with E-state index in [1.807, 2.05) is 31.3 Å². The number of nitrogens with two attached hydrogens (primary N) is 1. The number of hydrogen-bond acceptors (Lipinski definition) is 2. The summed E-state index contributed by atoms with van der Waals surface area (Å²) < 4.78 is 13.2. The zero-order valence-electron chi connectivity index (χ0n) is 11.4. The van der Waals surface area contributed by atoms with E-state index in [1.54, 1.807) is 6.07 Å². The monoisotopic (exact) mass is 292 g/mol. The Hall–Kier alpha value is -1.42. The summed E-state index contributed by atoms with van der Waals surface area (Å²) in [5.74, 6) is -0.244. The van der Waals surface area contributed by atoms with E-state index in [4.69, 9.17) is 17.3 Å². The molecule has 0 spiro atoms. The number of hydrogen-bond donors (Lipinski definition) is 1. The molecule has 0 bridgehead atoms. The maximum atomic E-state index is 13.2. The normalized spacial score (nSPS) is 11.1. The van der Waals surface area contributed by atoms with Gasteiger partial charge in [0.25, 0.3) is 0 Å². The van der Waals surface area contributed by atoms with Crippen LogP contribution in [0.25, 0.3) is 0 Å². The van der Waals surface area contributed by atoms with Crippen molar-refractivity contribution in [2.75, 3.05) is 7.05 Å². The van der Waals surface area contributed by atoms with E-state index in [2.05, 4.69) is 4.90 Å². The molecule has 0 saturated heterocycles. The van der Waals surface area contributed by atoms with Gasteiger partial charge in [-0.15, -0.1) is 0 Å². The second-order valence-electron chi connectivity index (χ2n) is 4.92. The van der Waals surface area contributed by atoms with Crippen LogP contribution in [0.1, 0.15) is 16.7 Å². The van der Waals surface area contributed by atoms with E-state index in [1.165, 1.54) is 12.1 Å². The molecular weight excluding hydrogens is 275 g/mol. The maximum Gasteiger partial charge on any atom is 0.123 e. The molecule has 2 aromatic carbocycles. The van der Waals surface area contributed by atoms with Gasteiger partial charge in [0.05, 0.1) is 0 Å². The number of benzene rings is 2. The van der Waals surface area contributed by atoms with Crippen molar-refractivity contribution in [3.8, 4) is 0 Å². The van der Waals surface area contributed by atoms with Gasteiger partial charge < -0.3 is 5.73 Å². The van der Waals surface area contributed by atoms with E-state index in [0.29, 0.717) is 6.54 Å². The quantitative estimate of drug-likeness (QED) is 0.913. The van der Waals surface area contributed by atoms with Crippen LogP contribution in [0.15, 0.2) is 42.5 Å². The number of nitrogens with zero attached hydrogens (tertiary/aromatic N) is 1. The zero-order valence-corrected chi connectivity index (χ0v) is 12.2. The third-order valence-corrected chi connectivity index (χ3v) is 3.41. The van der Waals surface area contributed by atoms with Crippen LogP contribution in [0.2, 0.25) is 5.02 Å². The molecule has 2 rings (SSSR count). The largest absolute Gasteiger partial charge is 0.326 e. The molecule has 0 aliphatic heterocycles. The third-order valence-electron chi connectivity index (χ3n) is 3.17. The third kappa shape index (κ3) is 4.04. The molecule has 0 aromatic heterocycles. The van der Waals surface area contributed by atoms with Gasteiger partial charge in [0, 0.05) is 24.7 Å². The Morgan fingerprint density at radius 3 is 2.60 bits per heavy atom. The van der Waals surface area contributed by atoms with Crippen molar-refractivity contribution in [1.82, 2.24) is 4.90 Å². The Morgan fingerprint density at radius 1 is 1.10 bits per heavy atom. The summed E-state index contributed by atoms with van der Waals surface area (Å²) in [4.78, 5) is 2.15. The Bertz CT molecular complexity index is 586. The summed E-state index contributed by atoms with van der Waals surface area (Å²) in [6.45, 7) is 1.85. The van der Waals surface area contributed by atoms with Gasteiger partial charge in [-0.25, -0.2) is 4.39 Å². The molecule has 2 aromatic rings. The van der Waals surface area contributed by atoms with Gasteiger partial charge in [-0.3, -0.25) is 4.90 Å². The van der Waals surface area contributed by atoms with E-state index in [-0.39, 0.29) is 5.82 Å². The lowest BCUT2D eigenvalue weighted by molar-refractivity contribution is 0.318. The summed E-state index contributed by atoms with van der Waals surface area (Å²) in [6.07, 6.45) is 0. The molecule has 0 aliphatic carbocycles. The lowest BCUT2D eigenvalue weighted by Crippen LogP contribution is -2.19. The van der Waals surface area contributed by atoms with Crippen molar-refractivity contribution in [2.24, 2.45) is 5.73 Å². The van der Waals surface area contributed by atoms with Gasteiger partial charge in [0.1, 0.15) is 5.82 Å². The average Bonchev–Trinajstić information content (AvgIpc) is 2.40. The Balaban J connectivity index is 2.06. The van der Waals surface area contributed by atoms with Crippen LogP contribution in [-0.2, 0) is 19.6 Å². The molecular formula is C16H18ClFN2. The smallest absolute Gasteiger partial charge is 0.123 e. The van der Waals surface area contributed by atoms with Gasteiger partial charge in [0.15, 0.2) is 0 Å². The van der Waals surface area contributed by atoms with Crippen molar-refractivity contribution in [1.29, 1.82) is 0 Å². The highest BCUT2D eigenvalue weighted by Crippen LogP contribution is 2.16. The number of halogens is 2. The minimum atomic E-state index is -0.244. The van der Waals surface area contributed by atoms with Crippen LogP contribution in [-0.4, -0.2) is 11.9 Å². The molecule has 0 aliphatic rings. The van der Waals surface area contributed by atoms with Gasteiger partial charge in [-0.1, -0.05) is 29.8 Å². The average molecular weight is 293 g/mol. The second kappa shape index (κ2) is 6.84. The fourth-order valence-electron chi connectivity index (χ4n) is 2.23. The van der Waals surface area contributed by atoms with Crippen molar-refractivity contribution in [3.05, 3.63) is 70.0 Å². The highest BCUT2D eigenvalue weighted by molar-refractivity contribution is 6.30. The summed E-state index contributed by atoms with van der Waals surface area (Å²) >= 11 is 5.98. The SMILES string of the molecule is CN(Cc1cccc(Cl)c1)Cc1ccc(F)cc1CN. The van der Waals surface area contributed by atoms with E-state index < -0.39 is 0 Å². The molecule has 0 atom stereocenters. The first kappa shape index (κ1) is 15.0. The van der Waals surface area contributed by atoms with Crippen LogP contribution in [0.5, 0.6) is 0 Å². The number of rotatable bonds is 5. The zero-order chi connectivity index (χ0) is 14.5. The van der Waals surface area contributed by atoms with Crippen LogP contribution in [0.3, 0.4) is 0 Å². The van der Waals surface area contributed by atoms with Crippen LogP contribution in [0.4, 0.5) is 4.39 Å². The molecule has 0 amide bonds. The molecule has 4 heteroatoms. The molecule has 0 heterocycles. The summed E-state index contributed by atoms with van der Waals surface area (Å²) in [6, 6.07) is 12.6. The standard InChI is InChI=1S/C16H18ClFN2/c1-20(10-12-3-2-4-15(17)7-12)11-13-5-6-16(18)8-14(13)9-19/h2-8H,9-11,19H2,1H3. The molecule has 0 radical (unpaired) electrons. The van der Waals surface area contributed by atoms with E-state index in [9.17, 15) is 4.39 Å². The first-order valence-electron chi connectivity index (χ1n) is 6.49. The van der Waals surface area contributed by atoms with Crippen LogP contribution >= 0.6 is 11.6 Å². The molecule has 0 fully saturated rings. The van der Waals surface area contributed by atoms with Crippen molar-refractivity contribution in [3.63, 3.8) is 0 Å². The Labute approximate surface area is 124 Å². The summed E-state index contributed by atoms with van der Waals surface area (Å²) in [5, 5.41) is 0.736. The molecule has 20 heavy (non-hydrogen) atoms.